The molecule has 2 N–H and O–H groups in total. The molecule has 0 spiro atoms. The maximum atomic E-state index is 11.6. The number of halogens is 1. The summed E-state index contributed by atoms with van der Waals surface area (Å²) in [6, 6.07) is 5.85. The van der Waals surface area contributed by atoms with E-state index in [1.54, 1.807) is 0 Å². The monoisotopic (exact) mass is 327 g/mol. The van der Waals surface area contributed by atoms with Crippen LogP contribution in [0.3, 0.4) is 0 Å². The molecule has 22 heavy (non-hydrogen) atoms. The third kappa shape index (κ3) is 6.43. The van der Waals surface area contributed by atoms with E-state index in [4.69, 9.17) is 16.3 Å². The highest BCUT2D eigenvalue weighted by atomic mass is 35.5. The van der Waals surface area contributed by atoms with E-state index in [9.17, 15) is 4.79 Å². The fourth-order valence-corrected chi connectivity index (χ4v) is 2.20. The number of alkyl carbamates (subject to hydrolysis) is 1. The highest BCUT2D eigenvalue weighted by Crippen LogP contribution is 2.27. The lowest BCUT2D eigenvalue weighted by Gasteiger charge is -2.22. The van der Waals surface area contributed by atoms with Crippen LogP contribution >= 0.6 is 11.6 Å². The molecular formula is C16H26ClN3O2. The van der Waals surface area contributed by atoms with Crippen molar-refractivity contribution in [1.82, 2.24) is 5.32 Å². The number of nitrogens with one attached hydrogen (secondary N) is 2. The predicted molar refractivity (Wildman–Crippen MR) is 93.1 cm³/mol. The molecule has 1 rings (SSSR count). The van der Waals surface area contributed by atoms with Gasteiger partial charge >= 0.3 is 6.09 Å². The van der Waals surface area contributed by atoms with E-state index in [2.05, 4.69) is 10.6 Å². The van der Waals surface area contributed by atoms with Crippen LogP contribution < -0.4 is 15.5 Å². The summed E-state index contributed by atoms with van der Waals surface area (Å²) in [5, 5.41) is 6.72. The zero-order valence-corrected chi connectivity index (χ0v) is 14.9. The molecule has 124 valence electrons. The standard InChI is InChI=1S/C16H26ClN3O2/c1-11(10-18-15(21)22-16(2,3)4)19-12-7-8-14(20(5)6)13(17)9-12/h7-9,11,19H,10H2,1-6H3,(H,18,21). The summed E-state index contributed by atoms with van der Waals surface area (Å²) in [6.07, 6.45) is -0.415. The molecule has 0 bridgehead atoms. The molecule has 0 radical (unpaired) electrons. The van der Waals surface area contributed by atoms with Gasteiger partial charge in [0.25, 0.3) is 0 Å². The first-order chi connectivity index (χ1) is 10.1. The molecule has 1 atom stereocenters. The van der Waals surface area contributed by atoms with Crippen LogP contribution in [-0.4, -0.2) is 38.4 Å². The number of carbonyl (C=O) groups excluding carboxylic acids is 1. The van der Waals surface area contributed by atoms with E-state index in [-0.39, 0.29) is 6.04 Å². The second-order valence-electron chi connectivity index (χ2n) is 6.49. The Morgan fingerprint density at radius 3 is 2.50 bits per heavy atom. The molecule has 0 heterocycles. The number of hydrogen-bond donors (Lipinski definition) is 2. The minimum absolute atomic E-state index is 0.0498. The van der Waals surface area contributed by atoms with E-state index >= 15 is 0 Å². The van der Waals surface area contributed by atoms with E-state index in [1.165, 1.54) is 0 Å². The van der Waals surface area contributed by atoms with E-state index in [0.717, 1.165) is 11.4 Å². The SMILES string of the molecule is CC(CNC(=O)OC(C)(C)C)Nc1ccc(N(C)C)c(Cl)c1. The number of benzene rings is 1. The van der Waals surface area contributed by atoms with Crippen LogP contribution in [0.1, 0.15) is 27.7 Å². The van der Waals surface area contributed by atoms with Crippen molar-refractivity contribution in [3.05, 3.63) is 23.2 Å². The van der Waals surface area contributed by atoms with Crippen LogP contribution in [0.5, 0.6) is 0 Å². The van der Waals surface area contributed by atoms with Crippen LogP contribution in [0, 0.1) is 0 Å². The summed E-state index contributed by atoms with van der Waals surface area (Å²) in [4.78, 5) is 13.6. The lowest BCUT2D eigenvalue weighted by molar-refractivity contribution is 0.0526. The van der Waals surface area contributed by atoms with E-state index < -0.39 is 11.7 Å². The van der Waals surface area contributed by atoms with Crippen LogP contribution in [0.25, 0.3) is 0 Å². The quantitative estimate of drug-likeness (QED) is 0.865. The molecule has 6 heteroatoms. The largest absolute Gasteiger partial charge is 0.444 e. The van der Waals surface area contributed by atoms with Gasteiger partial charge < -0.3 is 20.3 Å². The lowest BCUT2D eigenvalue weighted by atomic mass is 10.2. The highest BCUT2D eigenvalue weighted by molar-refractivity contribution is 6.33. The van der Waals surface area contributed by atoms with Gasteiger partial charge in [0.1, 0.15) is 5.60 Å². The highest BCUT2D eigenvalue weighted by Gasteiger charge is 2.16. The van der Waals surface area contributed by atoms with Crippen molar-refractivity contribution in [3.63, 3.8) is 0 Å². The van der Waals surface area contributed by atoms with Gasteiger partial charge in [0.05, 0.1) is 10.7 Å². The summed E-state index contributed by atoms with van der Waals surface area (Å²) < 4.78 is 5.20. The molecule has 0 aliphatic carbocycles. The maximum absolute atomic E-state index is 11.6. The average molecular weight is 328 g/mol. The van der Waals surface area contributed by atoms with Gasteiger partial charge in [-0.2, -0.15) is 0 Å². The van der Waals surface area contributed by atoms with Crippen molar-refractivity contribution < 1.29 is 9.53 Å². The first-order valence-electron chi connectivity index (χ1n) is 7.29. The maximum Gasteiger partial charge on any atom is 0.407 e. The second-order valence-corrected chi connectivity index (χ2v) is 6.90. The van der Waals surface area contributed by atoms with Gasteiger partial charge in [0.15, 0.2) is 0 Å². The number of rotatable bonds is 5. The van der Waals surface area contributed by atoms with Gasteiger partial charge in [0, 0.05) is 32.4 Å². The Labute approximate surface area is 138 Å². The fourth-order valence-electron chi connectivity index (χ4n) is 1.85. The Kier molecular flexibility index (Phi) is 6.35. The zero-order valence-electron chi connectivity index (χ0n) is 14.2. The van der Waals surface area contributed by atoms with Crippen molar-refractivity contribution in [2.75, 3.05) is 30.9 Å². The Hall–Kier alpha value is -1.62. The fraction of sp³-hybridized carbons (Fsp3) is 0.562. The van der Waals surface area contributed by atoms with Crippen LogP contribution in [-0.2, 0) is 4.74 Å². The lowest BCUT2D eigenvalue weighted by Crippen LogP contribution is -2.38. The Bertz CT molecular complexity index is 513. The van der Waals surface area contributed by atoms with Gasteiger partial charge in [-0.3, -0.25) is 0 Å². The van der Waals surface area contributed by atoms with Crippen molar-refractivity contribution in [3.8, 4) is 0 Å². The molecule has 1 aromatic rings. The first kappa shape index (κ1) is 18.4. The molecule has 0 aliphatic heterocycles. The zero-order chi connectivity index (χ0) is 16.9. The minimum Gasteiger partial charge on any atom is -0.444 e. The molecule has 0 saturated heterocycles. The summed E-state index contributed by atoms with van der Waals surface area (Å²) >= 11 is 6.24. The van der Waals surface area contributed by atoms with Gasteiger partial charge in [-0.25, -0.2) is 4.79 Å². The van der Waals surface area contributed by atoms with Crippen molar-refractivity contribution in [2.45, 2.75) is 39.3 Å². The van der Waals surface area contributed by atoms with Crippen LogP contribution in [0.4, 0.5) is 16.2 Å². The second kappa shape index (κ2) is 7.58. The number of nitrogens with zero attached hydrogens (tertiary/aromatic N) is 1. The number of hydrogen-bond acceptors (Lipinski definition) is 4. The summed E-state index contributed by atoms with van der Waals surface area (Å²) in [6.45, 7) is 7.95. The molecule has 5 nitrogen and oxygen atoms in total. The van der Waals surface area contributed by atoms with Crippen molar-refractivity contribution >= 4 is 29.1 Å². The molecule has 0 aliphatic rings. The van der Waals surface area contributed by atoms with Crippen molar-refractivity contribution in [1.29, 1.82) is 0 Å². The number of carbonyl (C=O) groups is 1. The smallest absolute Gasteiger partial charge is 0.407 e. The van der Waals surface area contributed by atoms with E-state index in [0.29, 0.717) is 11.6 Å². The first-order valence-corrected chi connectivity index (χ1v) is 7.66. The number of amides is 1. The van der Waals surface area contributed by atoms with Crippen LogP contribution in [0.2, 0.25) is 5.02 Å². The predicted octanol–water partition coefficient (Wildman–Crippen LogP) is 3.73. The van der Waals surface area contributed by atoms with Gasteiger partial charge in [-0.15, -0.1) is 0 Å². The third-order valence-corrected chi connectivity index (χ3v) is 3.10. The molecule has 1 amide bonds. The normalized spacial score (nSPS) is 12.5. The average Bonchev–Trinajstić information content (AvgIpc) is 2.34. The minimum atomic E-state index is -0.490. The Morgan fingerprint density at radius 1 is 1.36 bits per heavy atom. The van der Waals surface area contributed by atoms with Gasteiger partial charge in [-0.1, -0.05) is 11.6 Å². The molecule has 0 fully saturated rings. The summed E-state index contributed by atoms with van der Waals surface area (Å²) in [5.74, 6) is 0. The molecule has 0 saturated carbocycles. The molecule has 0 aromatic heterocycles. The molecule has 1 unspecified atom stereocenters. The van der Waals surface area contributed by atoms with Gasteiger partial charge in [0.2, 0.25) is 0 Å². The Balaban J connectivity index is 2.50. The summed E-state index contributed by atoms with van der Waals surface area (Å²) in [5.41, 5.74) is 1.39. The molecule has 1 aromatic carbocycles. The molecular weight excluding hydrogens is 302 g/mol. The number of anilines is 2. The van der Waals surface area contributed by atoms with Crippen LogP contribution in [0.15, 0.2) is 18.2 Å². The Morgan fingerprint density at radius 2 is 2.00 bits per heavy atom. The third-order valence-electron chi connectivity index (χ3n) is 2.79. The van der Waals surface area contributed by atoms with Gasteiger partial charge in [-0.05, 0) is 45.9 Å². The van der Waals surface area contributed by atoms with Crippen molar-refractivity contribution in [2.24, 2.45) is 0 Å². The topological polar surface area (TPSA) is 53.6 Å². The number of ether oxygens (including phenoxy) is 1. The van der Waals surface area contributed by atoms with E-state index in [1.807, 2.05) is 64.9 Å². The summed E-state index contributed by atoms with van der Waals surface area (Å²) in [7, 11) is 3.89.